The van der Waals surface area contributed by atoms with Gasteiger partial charge in [-0.2, -0.15) is 10.2 Å². The average Bonchev–Trinajstić information content (AvgIpc) is 2.80. The minimum absolute atomic E-state index is 0.00610. The summed E-state index contributed by atoms with van der Waals surface area (Å²) in [7, 11) is 0. The molecule has 0 spiro atoms. The summed E-state index contributed by atoms with van der Waals surface area (Å²) < 4.78 is 0. The molecule has 16 nitrogen and oxygen atoms in total. The Labute approximate surface area is 196 Å². The summed E-state index contributed by atoms with van der Waals surface area (Å²) >= 11 is 0. The maximum Gasteiger partial charge on any atom is 0.301 e. The molecule has 0 saturated carbocycles. The summed E-state index contributed by atoms with van der Waals surface area (Å²) in [6.45, 7) is 3.38. The number of nitrogens with one attached hydrogen (secondary N) is 2. The molecule has 2 aromatic carbocycles. The van der Waals surface area contributed by atoms with E-state index in [0.717, 1.165) is 24.3 Å². The van der Waals surface area contributed by atoms with Crippen LogP contribution in [0.1, 0.15) is 33.1 Å². The van der Waals surface area contributed by atoms with Crippen molar-refractivity contribution < 1.29 is 19.7 Å². The molecule has 0 aromatic heterocycles. The molecule has 35 heavy (non-hydrogen) atoms. The van der Waals surface area contributed by atoms with Crippen LogP contribution in [0.15, 0.2) is 46.6 Å². The second-order valence-corrected chi connectivity index (χ2v) is 7.20. The Kier molecular flexibility index (Phi) is 8.79. The van der Waals surface area contributed by atoms with E-state index in [4.69, 9.17) is 0 Å². The number of hydrogen-bond donors (Lipinski definition) is 2. The predicted molar refractivity (Wildman–Crippen MR) is 127 cm³/mol. The predicted octanol–water partition coefficient (Wildman–Crippen LogP) is 4.77. The molecule has 0 aliphatic heterocycles. The van der Waals surface area contributed by atoms with Crippen LogP contribution in [0.4, 0.5) is 34.1 Å². The lowest BCUT2D eigenvalue weighted by Gasteiger charge is -2.06. The SMILES string of the molecule is CC(CCCC(C)=NNc1ccc([N+](=O)[O-])cc1[N+](=O)[O-])=NNc1ccc([N+](=O)[O-])cc1[N+](=O)[O-]. The zero-order valence-electron chi connectivity index (χ0n) is 18.5. The Morgan fingerprint density at radius 2 is 1.06 bits per heavy atom. The summed E-state index contributed by atoms with van der Waals surface area (Å²) in [5, 5.41) is 52.1. The number of non-ortho nitro benzene ring substituents is 2. The molecule has 0 bridgehead atoms. The molecule has 16 heteroatoms. The van der Waals surface area contributed by atoms with E-state index in [1.54, 1.807) is 13.8 Å². The number of nitro benzene ring substituents is 4. The summed E-state index contributed by atoms with van der Waals surface area (Å²) in [5.41, 5.74) is 4.52. The van der Waals surface area contributed by atoms with Gasteiger partial charge in [-0.3, -0.25) is 51.3 Å². The van der Waals surface area contributed by atoms with Crippen molar-refractivity contribution in [1.29, 1.82) is 0 Å². The van der Waals surface area contributed by atoms with Gasteiger partial charge in [-0.1, -0.05) is 0 Å². The van der Waals surface area contributed by atoms with E-state index in [0.29, 0.717) is 30.7 Å². The van der Waals surface area contributed by atoms with Gasteiger partial charge in [-0.15, -0.1) is 0 Å². The highest BCUT2D eigenvalue weighted by atomic mass is 16.6. The molecule has 0 unspecified atom stereocenters. The highest BCUT2D eigenvalue weighted by molar-refractivity contribution is 5.85. The molecule has 0 radical (unpaired) electrons. The number of hydrazone groups is 2. The van der Waals surface area contributed by atoms with Crippen molar-refractivity contribution in [3.05, 3.63) is 76.9 Å². The molecule has 0 fully saturated rings. The van der Waals surface area contributed by atoms with Crippen LogP contribution in [0.2, 0.25) is 0 Å². The van der Waals surface area contributed by atoms with E-state index in [9.17, 15) is 40.5 Å². The molecule has 0 aliphatic rings. The standard InChI is InChI=1S/C19H20N8O8/c1-12(20-22-16-8-6-14(24(28)29)10-18(16)26(32)33)4-3-5-13(2)21-23-17-9-7-15(25(30)31)11-19(17)27(34)35/h6-11,22-23H,3-5H2,1-2H3. The molecule has 0 aliphatic carbocycles. The number of benzene rings is 2. The van der Waals surface area contributed by atoms with Crippen LogP contribution in [0.5, 0.6) is 0 Å². The number of anilines is 2. The van der Waals surface area contributed by atoms with E-state index < -0.39 is 42.4 Å². The fourth-order valence-electron chi connectivity index (χ4n) is 2.78. The molecule has 0 amide bonds. The minimum Gasteiger partial charge on any atom is -0.272 e. The van der Waals surface area contributed by atoms with E-state index in [-0.39, 0.29) is 11.4 Å². The van der Waals surface area contributed by atoms with E-state index >= 15 is 0 Å². The largest absolute Gasteiger partial charge is 0.301 e. The second kappa shape index (κ2) is 11.7. The first-order valence-electron chi connectivity index (χ1n) is 9.93. The van der Waals surface area contributed by atoms with Crippen LogP contribution in [0, 0.1) is 40.5 Å². The molecule has 184 valence electrons. The normalized spacial score (nSPS) is 11.6. The summed E-state index contributed by atoms with van der Waals surface area (Å²) in [6.07, 6.45) is 1.55. The Morgan fingerprint density at radius 1 is 0.686 bits per heavy atom. The lowest BCUT2D eigenvalue weighted by Crippen LogP contribution is -2.04. The van der Waals surface area contributed by atoms with Crippen LogP contribution in [-0.4, -0.2) is 31.1 Å². The van der Waals surface area contributed by atoms with Crippen LogP contribution in [0.25, 0.3) is 0 Å². The first-order valence-corrected chi connectivity index (χ1v) is 9.93. The van der Waals surface area contributed by atoms with Crippen LogP contribution in [-0.2, 0) is 0 Å². The summed E-state index contributed by atoms with van der Waals surface area (Å²) in [6, 6.07) is 6.34. The van der Waals surface area contributed by atoms with Gasteiger partial charge < -0.3 is 0 Å². The third kappa shape index (κ3) is 7.52. The molecule has 0 atom stereocenters. The van der Waals surface area contributed by atoms with Crippen molar-refractivity contribution in [3.8, 4) is 0 Å². The van der Waals surface area contributed by atoms with Crippen molar-refractivity contribution in [2.75, 3.05) is 10.9 Å². The van der Waals surface area contributed by atoms with Gasteiger partial charge in [0.1, 0.15) is 11.4 Å². The monoisotopic (exact) mass is 488 g/mol. The van der Waals surface area contributed by atoms with Gasteiger partial charge in [-0.25, -0.2) is 0 Å². The van der Waals surface area contributed by atoms with Gasteiger partial charge in [0.2, 0.25) is 0 Å². The van der Waals surface area contributed by atoms with Gasteiger partial charge in [0.25, 0.3) is 11.4 Å². The smallest absolute Gasteiger partial charge is 0.272 e. The Balaban J connectivity index is 1.95. The van der Waals surface area contributed by atoms with Gasteiger partial charge >= 0.3 is 11.4 Å². The molecule has 0 saturated heterocycles. The molecule has 2 aromatic rings. The quantitative estimate of drug-likeness (QED) is 0.236. The maximum atomic E-state index is 11.2. The zero-order chi connectivity index (χ0) is 26.1. The minimum atomic E-state index is -0.748. The Morgan fingerprint density at radius 3 is 1.37 bits per heavy atom. The van der Waals surface area contributed by atoms with Crippen molar-refractivity contribution in [1.82, 2.24) is 0 Å². The summed E-state index contributed by atoms with van der Waals surface area (Å²) in [5.74, 6) is 0. The topological polar surface area (TPSA) is 221 Å². The number of rotatable bonds is 12. The van der Waals surface area contributed by atoms with Crippen LogP contribution < -0.4 is 10.9 Å². The van der Waals surface area contributed by atoms with E-state index in [1.165, 1.54) is 12.1 Å². The van der Waals surface area contributed by atoms with Gasteiger partial charge in [0, 0.05) is 23.6 Å². The van der Waals surface area contributed by atoms with E-state index in [2.05, 4.69) is 21.1 Å². The van der Waals surface area contributed by atoms with Crippen molar-refractivity contribution >= 4 is 45.5 Å². The van der Waals surface area contributed by atoms with Crippen LogP contribution >= 0.6 is 0 Å². The third-order valence-electron chi connectivity index (χ3n) is 4.59. The molecular formula is C19H20N8O8. The zero-order valence-corrected chi connectivity index (χ0v) is 18.5. The van der Waals surface area contributed by atoms with Crippen LogP contribution in [0.3, 0.4) is 0 Å². The number of nitro groups is 4. The Hall–Kier alpha value is -5.02. The molecular weight excluding hydrogens is 468 g/mol. The van der Waals surface area contributed by atoms with Gasteiger partial charge in [0.05, 0.1) is 31.8 Å². The fraction of sp³-hybridized carbons (Fsp3) is 0.263. The van der Waals surface area contributed by atoms with E-state index in [1.807, 2.05) is 0 Å². The van der Waals surface area contributed by atoms with Crippen molar-refractivity contribution in [2.45, 2.75) is 33.1 Å². The molecule has 0 heterocycles. The third-order valence-corrected chi connectivity index (χ3v) is 4.59. The van der Waals surface area contributed by atoms with Gasteiger partial charge in [0.15, 0.2) is 0 Å². The van der Waals surface area contributed by atoms with Crippen molar-refractivity contribution in [3.63, 3.8) is 0 Å². The van der Waals surface area contributed by atoms with Crippen molar-refractivity contribution in [2.24, 2.45) is 10.2 Å². The lowest BCUT2D eigenvalue weighted by atomic mass is 10.1. The lowest BCUT2D eigenvalue weighted by molar-refractivity contribution is -0.393. The average molecular weight is 488 g/mol. The molecule has 2 rings (SSSR count). The van der Waals surface area contributed by atoms with Gasteiger partial charge in [-0.05, 0) is 45.2 Å². The molecule has 2 N–H and O–H groups in total. The number of hydrogen-bond acceptors (Lipinski definition) is 12. The first-order chi connectivity index (χ1) is 16.5. The Bertz CT molecular complexity index is 1130. The highest BCUT2D eigenvalue weighted by Gasteiger charge is 2.20. The second-order valence-electron chi connectivity index (χ2n) is 7.20. The fourth-order valence-corrected chi connectivity index (χ4v) is 2.78. The summed E-state index contributed by atoms with van der Waals surface area (Å²) in [4.78, 5) is 41.0. The highest BCUT2D eigenvalue weighted by Crippen LogP contribution is 2.30. The number of nitrogens with zero attached hydrogens (tertiary/aromatic N) is 6. The maximum absolute atomic E-state index is 11.2. The first kappa shape index (κ1) is 26.2.